The van der Waals surface area contributed by atoms with Gasteiger partial charge in [-0.2, -0.15) is 0 Å². The summed E-state index contributed by atoms with van der Waals surface area (Å²) in [5, 5.41) is 8.54. The van der Waals surface area contributed by atoms with Crippen LogP contribution in [0.25, 0.3) is 0 Å². The summed E-state index contributed by atoms with van der Waals surface area (Å²) in [5.74, 6) is -0.212. The average Bonchev–Trinajstić information content (AvgIpc) is 2.99. The first-order valence-electron chi connectivity index (χ1n) is 6.88. The molecule has 1 aromatic carbocycles. The molecule has 7 nitrogen and oxygen atoms in total. The molecule has 0 atom stereocenters. The standard InChI is InChI=1S/C14H15ClN4O3S/c1-2-3-12-17-19-14(22-12)23-8-11(20)16-18-13(21)9-4-6-10(15)7-5-9/h4-7H,2-3,8H2,1H3,(H,16,20)(H,18,21). The van der Waals surface area contributed by atoms with Crippen LogP contribution in [0, 0.1) is 0 Å². The Labute approximate surface area is 142 Å². The van der Waals surface area contributed by atoms with Crippen LogP contribution >= 0.6 is 23.4 Å². The number of hydrogen-bond donors (Lipinski definition) is 2. The van der Waals surface area contributed by atoms with Crippen LogP contribution in [0.4, 0.5) is 0 Å². The number of hydrazine groups is 1. The molecule has 0 spiro atoms. The molecule has 122 valence electrons. The average molecular weight is 355 g/mol. The van der Waals surface area contributed by atoms with Gasteiger partial charge in [-0.25, -0.2) is 0 Å². The molecule has 0 fully saturated rings. The van der Waals surface area contributed by atoms with E-state index in [0.29, 0.717) is 28.1 Å². The van der Waals surface area contributed by atoms with Crippen molar-refractivity contribution in [2.75, 3.05) is 5.75 Å². The fourth-order valence-electron chi connectivity index (χ4n) is 1.57. The minimum absolute atomic E-state index is 0.0503. The van der Waals surface area contributed by atoms with Gasteiger partial charge in [0.05, 0.1) is 5.75 Å². The molecule has 2 N–H and O–H groups in total. The van der Waals surface area contributed by atoms with E-state index < -0.39 is 5.91 Å². The molecule has 0 saturated carbocycles. The van der Waals surface area contributed by atoms with Crippen LogP contribution in [0.2, 0.25) is 5.02 Å². The summed E-state index contributed by atoms with van der Waals surface area (Å²) < 4.78 is 5.34. The minimum Gasteiger partial charge on any atom is -0.416 e. The lowest BCUT2D eigenvalue weighted by molar-refractivity contribution is -0.119. The lowest BCUT2D eigenvalue weighted by atomic mass is 10.2. The Bertz CT molecular complexity index is 675. The van der Waals surface area contributed by atoms with Gasteiger partial charge in [-0.3, -0.25) is 20.4 Å². The lowest BCUT2D eigenvalue weighted by Gasteiger charge is -2.06. The van der Waals surface area contributed by atoms with E-state index in [2.05, 4.69) is 21.0 Å². The van der Waals surface area contributed by atoms with E-state index in [1.165, 1.54) is 0 Å². The first-order chi connectivity index (χ1) is 11.1. The van der Waals surface area contributed by atoms with Crippen molar-refractivity contribution < 1.29 is 14.0 Å². The zero-order valence-corrected chi connectivity index (χ0v) is 13.9. The smallest absolute Gasteiger partial charge is 0.277 e. The number of benzene rings is 1. The molecular weight excluding hydrogens is 340 g/mol. The number of hydrogen-bond acceptors (Lipinski definition) is 6. The molecule has 9 heteroatoms. The van der Waals surface area contributed by atoms with Crippen molar-refractivity contribution >= 4 is 35.2 Å². The molecule has 0 aliphatic rings. The Kier molecular flexibility index (Phi) is 6.42. The molecule has 2 amide bonds. The van der Waals surface area contributed by atoms with Gasteiger partial charge in [0, 0.05) is 17.0 Å². The van der Waals surface area contributed by atoms with Crippen molar-refractivity contribution in [3.63, 3.8) is 0 Å². The van der Waals surface area contributed by atoms with E-state index >= 15 is 0 Å². The van der Waals surface area contributed by atoms with E-state index in [-0.39, 0.29) is 11.7 Å². The highest BCUT2D eigenvalue weighted by Gasteiger charge is 2.11. The Morgan fingerprint density at radius 1 is 1.22 bits per heavy atom. The number of nitrogens with one attached hydrogen (secondary N) is 2. The van der Waals surface area contributed by atoms with Crippen molar-refractivity contribution in [2.24, 2.45) is 0 Å². The molecule has 0 bridgehead atoms. The third kappa shape index (κ3) is 5.57. The lowest BCUT2D eigenvalue weighted by Crippen LogP contribution is -2.42. The number of aryl methyl sites for hydroxylation is 1. The fraction of sp³-hybridized carbons (Fsp3) is 0.286. The van der Waals surface area contributed by atoms with Crippen molar-refractivity contribution in [2.45, 2.75) is 25.0 Å². The largest absolute Gasteiger partial charge is 0.416 e. The summed E-state index contributed by atoms with van der Waals surface area (Å²) in [6, 6.07) is 6.31. The van der Waals surface area contributed by atoms with E-state index in [0.717, 1.165) is 18.2 Å². The summed E-state index contributed by atoms with van der Waals surface area (Å²) in [6.45, 7) is 2.01. The molecule has 0 saturated heterocycles. The maximum Gasteiger partial charge on any atom is 0.277 e. The van der Waals surface area contributed by atoms with Crippen LogP contribution < -0.4 is 10.9 Å². The van der Waals surface area contributed by atoms with Gasteiger partial charge in [-0.15, -0.1) is 10.2 Å². The molecule has 2 rings (SSSR count). The number of aromatic nitrogens is 2. The second kappa shape index (κ2) is 8.54. The highest BCUT2D eigenvalue weighted by molar-refractivity contribution is 7.99. The van der Waals surface area contributed by atoms with Crippen molar-refractivity contribution in [1.82, 2.24) is 21.0 Å². The van der Waals surface area contributed by atoms with E-state index in [1.807, 2.05) is 6.92 Å². The number of amides is 2. The predicted molar refractivity (Wildman–Crippen MR) is 86.1 cm³/mol. The topological polar surface area (TPSA) is 97.1 Å². The summed E-state index contributed by atoms with van der Waals surface area (Å²) in [7, 11) is 0. The molecule has 23 heavy (non-hydrogen) atoms. The number of rotatable bonds is 6. The number of halogens is 1. The van der Waals surface area contributed by atoms with E-state index in [4.69, 9.17) is 16.0 Å². The quantitative estimate of drug-likeness (QED) is 0.610. The van der Waals surface area contributed by atoms with Crippen molar-refractivity contribution in [1.29, 1.82) is 0 Å². The van der Waals surface area contributed by atoms with Crippen LogP contribution in [0.3, 0.4) is 0 Å². The maximum atomic E-state index is 11.8. The molecule has 0 aliphatic carbocycles. The zero-order valence-electron chi connectivity index (χ0n) is 12.3. The SMILES string of the molecule is CCCc1nnc(SCC(=O)NNC(=O)c2ccc(Cl)cc2)o1. The summed E-state index contributed by atoms with van der Waals surface area (Å²) in [5.41, 5.74) is 5.03. The Hall–Kier alpha value is -2.06. The van der Waals surface area contributed by atoms with Gasteiger partial charge in [-0.1, -0.05) is 30.3 Å². The Morgan fingerprint density at radius 2 is 1.96 bits per heavy atom. The van der Waals surface area contributed by atoms with Crippen LogP contribution in [0.15, 0.2) is 33.9 Å². The zero-order chi connectivity index (χ0) is 16.7. The molecule has 0 unspecified atom stereocenters. The molecule has 0 aliphatic heterocycles. The molecule has 1 aromatic heterocycles. The van der Waals surface area contributed by atoms with Gasteiger partial charge in [0.15, 0.2) is 0 Å². The van der Waals surface area contributed by atoms with Crippen molar-refractivity contribution in [3.05, 3.63) is 40.7 Å². The van der Waals surface area contributed by atoms with Crippen LogP contribution in [-0.4, -0.2) is 27.8 Å². The van der Waals surface area contributed by atoms with Gasteiger partial charge < -0.3 is 4.42 Å². The van der Waals surface area contributed by atoms with Gasteiger partial charge in [0.25, 0.3) is 11.1 Å². The summed E-state index contributed by atoms with van der Waals surface area (Å²) in [4.78, 5) is 23.5. The highest BCUT2D eigenvalue weighted by atomic mass is 35.5. The normalized spacial score (nSPS) is 10.3. The van der Waals surface area contributed by atoms with Crippen LogP contribution in [0.1, 0.15) is 29.6 Å². The van der Waals surface area contributed by atoms with Crippen molar-refractivity contribution in [3.8, 4) is 0 Å². The predicted octanol–water partition coefficient (Wildman–Crippen LogP) is 2.23. The first-order valence-corrected chi connectivity index (χ1v) is 8.24. The number of thioether (sulfide) groups is 1. The van der Waals surface area contributed by atoms with Crippen LogP contribution in [-0.2, 0) is 11.2 Å². The van der Waals surface area contributed by atoms with Gasteiger partial charge in [-0.05, 0) is 30.7 Å². The first kappa shape index (κ1) is 17.3. The van der Waals surface area contributed by atoms with Crippen LogP contribution in [0.5, 0.6) is 0 Å². The summed E-state index contributed by atoms with van der Waals surface area (Å²) >= 11 is 6.84. The molecule has 1 heterocycles. The second-order valence-electron chi connectivity index (χ2n) is 4.51. The minimum atomic E-state index is -0.428. The number of carbonyl (C=O) groups is 2. The van der Waals surface area contributed by atoms with Gasteiger partial charge >= 0.3 is 0 Å². The summed E-state index contributed by atoms with van der Waals surface area (Å²) in [6.07, 6.45) is 1.61. The van der Waals surface area contributed by atoms with Gasteiger partial charge in [0.2, 0.25) is 11.8 Å². The molecule has 2 aromatic rings. The molecular formula is C14H15ClN4O3S. The number of carbonyl (C=O) groups excluding carboxylic acids is 2. The second-order valence-corrected chi connectivity index (χ2v) is 5.87. The highest BCUT2D eigenvalue weighted by Crippen LogP contribution is 2.16. The van der Waals surface area contributed by atoms with E-state index in [1.54, 1.807) is 24.3 Å². The fourth-order valence-corrected chi connectivity index (χ4v) is 2.28. The Morgan fingerprint density at radius 3 is 2.65 bits per heavy atom. The third-order valence-electron chi connectivity index (χ3n) is 2.66. The monoisotopic (exact) mass is 354 g/mol. The Balaban J connectivity index is 1.74. The van der Waals surface area contributed by atoms with E-state index in [9.17, 15) is 9.59 Å². The molecule has 0 radical (unpaired) electrons. The third-order valence-corrected chi connectivity index (χ3v) is 3.73. The van der Waals surface area contributed by atoms with Gasteiger partial charge in [0.1, 0.15) is 0 Å². The number of nitrogens with zero attached hydrogens (tertiary/aromatic N) is 2. The maximum absolute atomic E-state index is 11.8.